The number of carbonyl (C=O) groups excluding carboxylic acids is 2. The van der Waals surface area contributed by atoms with Crippen LogP contribution in [0.1, 0.15) is 62.9 Å². The Morgan fingerprint density at radius 3 is 2.71 bits per heavy atom. The maximum Gasteiger partial charge on any atom is 0.341 e. The molecule has 6 heteroatoms. The molecule has 35 heavy (non-hydrogen) atoms. The van der Waals surface area contributed by atoms with E-state index < -0.39 is 0 Å². The molecule has 0 unspecified atom stereocenters. The first-order valence-corrected chi connectivity index (χ1v) is 13.0. The minimum absolute atomic E-state index is 0.249. The first-order valence-electron chi connectivity index (χ1n) is 12.1. The van der Waals surface area contributed by atoms with Crippen molar-refractivity contribution in [2.45, 2.75) is 46.0 Å². The van der Waals surface area contributed by atoms with Crippen LogP contribution in [0.25, 0.3) is 22.2 Å². The summed E-state index contributed by atoms with van der Waals surface area (Å²) in [6.45, 7) is 4.38. The summed E-state index contributed by atoms with van der Waals surface area (Å²) in [5.41, 5.74) is 5.69. The maximum absolute atomic E-state index is 13.7. The number of pyridine rings is 1. The van der Waals surface area contributed by atoms with Crippen molar-refractivity contribution >= 4 is 39.1 Å². The maximum atomic E-state index is 13.7. The van der Waals surface area contributed by atoms with Crippen molar-refractivity contribution in [1.82, 2.24) is 4.98 Å². The zero-order valence-corrected chi connectivity index (χ0v) is 20.8. The third-order valence-electron chi connectivity index (χ3n) is 6.31. The first-order chi connectivity index (χ1) is 17.0. The van der Waals surface area contributed by atoms with Gasteiger partial charge in [-0.25, -0.2) is 9.78 Å². The Balaban J connectivity index is 1.56. The number of rotatable bonds is 6. The molecular weight excluding hydrogens is 456 g/mol. The van der Waals surface area contributed by atoms with E-state index in [0.717, 1.165) is 65.4 Å². The molecule has 5 nitrogen and oxygen atoms in total. The smallest absolute Gasteiger partial charge is 0.341 e. The number of fused-ring (bicyclic) bond motifs is 2. The van der Waals surface area contributed by atoms with Crippen LogP contribution in [-0.2, 0) is 17.6 Å². The average Bonchev–Trinajstić information content (AvgIpc) is 3.24. The number of amides is 1. The molecule has 0 radical (unpaired) electrons. The summed E-state index contributed by atoms with van der Waals surface area (Å²) < 4.78 is 5.49. The first kappa shape index (κ1) is 23.2. The van der Waals surface area contributed by atoms with Crippen molar-refractivity contribution in [3.63, 3.8) is 0 Å². The molecule has 1 aliphatic carbocycles. The van der Waals surface area contributed by atoms with E-state index in [1.807, 2.05) is 62.4 Å². The number of hydrogen-bond acceptors (Lipinski definition) is 5. The molecule has 0 aliphatic heterocycles. The van der Waals surface area contributed by atoms with E-state index in [4.69, 9.17) is 9.72 Å². The van der Waals surface area contributed by atoms with Gasteiger partial charge in [0.15, 0.2) is 0 Å². The average molecular weight is 485 g/mol. The lowest BCUT2D eigenvalue weighted by Crippen LogP contribution is -2.16. The van der Waals surface area contributed by atoms with Gasteiger partial charge in [-0.2, -0.15) is 0 Å². The van der Waals surface area contributed by atoms with Gasteiger partial charge in [-0.3, -0.25) is 4.79 Å². The zero-order chi connectivity index (χ0) is 24.4. The summed E-state index contributed by atoms with van der Waals surface area (Å²) in [6.07, 6.45) is 4.66. The van der Waals surface area contributed by atoms with E-state index in [0.29, 0.717) is 22.7 Å². The van der Waals surface area contributed by atoms with Gasteiger partial charge in [0, 0.05) is 15.8 Å². The van der Waals surface area contributed by atoms with Crippen molar-refractivity contribution in [2.75, 3.05) is 11.9 Å². The van der Waals surface area contributed by atoms with Crippen LogP contribution in [0.4, 0.5) is 5.00 Å². The number of carbonyl (C=O) groups is 2. The van der Waals surface area contributed by atoms with Crippen molar-refractivity contribution in [2.24, 2.45) is 0 Å². The SMILES string of the molecule is CCCOC(=O)c1c(NC(=O)c2cc(-c3cccc(C)c3)nc3ccccc23)sc2c1CCCC2. The van der Waals surface area contributed by atoms with Gasteiger partial charge in [0.2, 0.25) is 0 Å². The number of hydrogen-bond donors (Lipinski definition) is 1. The molecule has 1 N–H and O–H groups in total. The highest BCUT2D eigenvalue weighted by atomic mass is 32.1. The Morgan fingerprint density at radius 2 is 1.89 bits per heavy atom. The second-order valence-electron chi connectivity index (χ2n) is 8.95. The van der Waals surface area contributed by atoms with Crippen LogP contribution >= 0.6 is 11.3 Å². The van der Waals surface area contributed by atoms with E-state index in [-0.39, 0.29) is 11.9 Å². The van der Waals surface area contributed by atoms with Crippen LogP contribution in [0, 0.1) is 6.92 Å². The lowest BCUT2D eigenvalue weighted by molar-refractivity contribution is 0.0505. The summed E-state index contributed by atoms with van der Waals surface area (Å²) in [4.78, 5) is 32.7. The summed E-state index contributed by atoms with van der Waals surface area (Å²) in [5, 5.41) is 4.43. The third-order valence-corrected chi connectivity index (χ3v) is 7.52. The second kappa shape index (κ2) is 10.0. The monoisotopic (exact) mass is 484 g/mol. The molecule has 2 aromatic heterocycles. The summed E-state index contributed by atoms with van der Waals surface area (Å²) in [5.74, 6) is -0.595. The van der Waals surface area contributed by atoms with Gasteiger partial charge in [-0.15, -0.1) is 11.3 Å². The van der Waals surface area contributed by atoms with Gasteiger partial charge >= 0.3 is 5.97 Å². The lowest BCUT2D eigenvalue weighted by atomic mass is 9.95. The number of aryl methyl sites for hydroxylation is 2. The van der Waals surface area contributed by atoms with Crippen molar-refractivity contribution in [3.05, 3.63) is 81.7 Å². The predicted molar refractivity (Wildman–Crippen MR) is 141 cm³/mol. The topological polar surface area (TPSA) is 68.3 Å². The number of para-hydroxylation sites is 1. The summed E-state index contributed by atoms with van der Waals surface area (Å²) in [6, 6.07) is 17.6. The third kappa shape index (κ3) is 4.71. The van der Waals surface area contributed by atoms with E-state index >= 15 is 0 Å². The zero-order valence-electron chi connectivity index (χ0n) is 20.0. The quantitative estimate of drug-likeness (QED) is 0.300. The van der Waals surface area contributed by atoms with Gasteiger partial charge in [0.05, 0.1) is 28.9 Å². The molecular formula is C29H28N2O3S. The summed E-state index contributed by atoms with van der Waals surface area (Å²) >= 11 is 1.51. The minimum Gasteiger partial charge on any atom is -0.462 e. The molecule has 178 valence electrons. The number of esters is 1. The number of benzene rings is 2. The number of nitrogens with one attached hydrogen (secondary N) is 1. The lowest BCUT2D eigenvalue weighted by Gasteiger charge is -2.13. The fraction of sp³-hybridized carbons (Fsp3) is 0.276. The molecule has 0 atom stereocenters. The molecule has 1 amide bonds. The molecule has 2 heterocycles. The number of nitrogens with zero attached hydrogens (tertiary/aromatic N) is 1. The molecule has 2 aromatic carbocycles. The van der Waals surface area contributed by atoms with Crippen molar-refractivity contribution < 1.29 is 14.3 Å². The van der Waals surface area contributed by atoms with Gasteiger partial charge in [-0.1, -0.05) is 48.9 Å². The number of thiophene rings is 1. The Hall–Kier alpha value is -3.51. The number of ether oxygens (including phenoxy) is 1. The highest BCUT2D eigenvalue weighted by molar-refractivity contribution is 7.17. The van der Waals surface area contributed by atoms with Crippen LogP contribution < -0.4 is 5.32 Å². The molecule has 0 fully saturated rings. The van der Waals surface area contributed by atoms with Crippen LogP contribution in [0.15, 0.2) is 54.6 Å². The fourth-order valence-electron chi connectivity index (χ4n) is 4.62. The molecule has 0 bridgehead atoms. The molecule has 0 saturated carbocycles. The van der Waals surface area contributed by atoms with E-state index in [9.17, 15) is 9.59 Å². The van der Waals surface area contributed by atoms with Gasteiger partial charge < -0.3 is 10.1 Å². The van der Waals surface area contributed by atoms with Crippen molar-refractivity contribution in [3.8, 4) is 11.3 Å². The molecule has 1 aliphatic rings. The minimum atomic E-state index is -0.346. The van der Waals surface area contributed by atoms with Crippen LogP contribution in [0.5, 0.6) is 0 Å². The van der Waals surface area contributed by atoms with E-state index in [2.05, 4.69) is 11.4 Å². The Bertz CT molecular complexity index is 1420. The van der Waals surface area contributed by atoms with Crippen LogP contribution in [0.2, 0.25) is 0 Å². The van der Waals surface area contributed by atoms with E-state index in [1.165, 1.54) is 16.2 Å². The molecule has 0 spiro atoms. The number of aromatic nitrogens is 1. The van der Waals surface area contributed by atoms with Crippen molar-refractivity contribution in [1.29, 1.82) is 0 Å². The second-order valence-corrected chi connectivity index (χ2v) is 10.1. The Labute approximate surface area is 209 Å². The van der Waals surface area contributed by atoms with Crippen LogP contribution in [0.3, 0.4) is 0 Å². The van der Waals surface area contributed by atoms with E-state index in [1.54, 1.807) is 0 Å². The molecule has 5 rings (SSSR count). The number of anilines is 1. The highest BCUT2D eigenvalue weighted by Gasteiger charge is 2.28. The Kier molecular flexibility index (Phi) is 6.64. The van der Waals surface area contributed by atoms with Crippen LogP contribution in [-0.4, -0.2) is 23.5 Å². The fourth-order valence-corrected chi connectivity index (χ4v) is 5.90. The standard InChI is InChI=1S/C29H28N2O3S/c1-3-15-34-29(33)26-21-12-5-7-14-25(21)35-28(26)31-27(32)22-17-24(19-10-8-9-18(2)16-19)30-23-13-6-4-11-20(22)23/h4,6,8-11,13,16-17H,3,5,7,12,14-15H2,1-2H3,(H,31,32). The normalized spacial score (nSPS) is 12.9. The van der Waals surface area contributed by atoms with Gasteiger partial charge in [0.25, 0.3) is 5.91 Å². The highest BCUT2D eigenvalue weighted by Crippen LogP contribution is 2.39. The Morgan fingerprint density at radius 1 is 1.06 bits per heavy atom. The van der Waals surface area contributed by atoms with Gasteiger partial charge in [-0.05, 0) is 62.8 Å². The molecule has 4 aromatic rings. The largest absolute Gasteiger partial charge is 0.462 e. The molecule has 0 saturated heterocycles. The summed E-state index contributed by atoms with van der Waals surface area (Å²) in [7, 11) is 0. The van der Waals surface area contributed by atoms with Gasteiger partial charge in [0.1, 0.15) is 5.00 Å². The predicted octanol–water partition coefficient (Wildman–Crippen LogP) is 6.97.